The molecule has 5 nitrogen and oxygen atoms in total. The number of nitrogens with zero attached hydrogens (tertiary/aromatic N) is 2. The fourth-order valence-corrected chi connectivity index (χ4v) is 1.37. The summed E-state index contributed by atoms with van der Waals surface area (Å²) in [6.45, 7) is 11.4. The second kappa shape index (κ2) is 10.7. The van der Waals surface area contributed by atoms with Crippen molar-refractivity contribution >= 4 is 5.96 Å². The summed E-state index contributed by atoms with van der Waals surface area (Å²) < 4.78 is 0. The SMILES string of the molecule is CCCCN=C(NN)NCCN(CC)CC. The molecule has 96 valence electrons. The average Bonchev–Trinajstić information content (AvgIpc) is 2.32. The van der Waals surface area contributed by atoms with Crippen LogP contribution in [0.4, 0.5) is 0 Å². The van der Waals surface area contributed by atoms with Crippen LogP contribution in [0.15, 0.2) is 4.99 Å². The predicted molar refractivity (Wildman–Crippen MR) is 70.3 cm³/mol. The van der Waals surface area contributed by atoms with E-state index in [1.807, 2.05) is 0 Å². The zero-order valence-electron chi connectivity index (χ0n) is 10.9. The highest BCUT2D eigenvalue weighted by Crippen LogP contribution is 1.87. The molecule has 16 heavy (non-hydrogen) atoms. The van der Waals surface area contributed by atoms with Gasteiger partial charge in [0, 0.05) is 19.6 Å². The summed E-state index contributed by atoms with van der Waals surface area (Å²) in [6.07, 6.45) is 2.25. The van der Waals surface area contributed by atoms with Crippen LogP contribution in [0, 0.1) is 0 Å². The Kier molecular flexibility index (Phi) is 10.2. The fraction of sp³-hybridized carbons (Fsp3) is 0.909. The number of aliphatic imine (C=N–C) groups is 1. The molecule has 0 saturated heterocycles. The number of hydrogen-bond acceptors (Lipinski definition) is 3. The van der Waals surface area contributed by atoms with Crippen LogP contribution in [0.25, 0.3) is 0 Å². The molecule has 0 aromatic rings. The molecule has 0 saturated carbocycles. The van der Waals surface area contributed by atoms with Crippen LogP contribution < -0.4 is 16.6 Å². The van der Waals surface area contributed by atoms with Crippen LogP contribution in [0.3, 0.4) is 0 Å². The van der Waals surface area contributed by atoms with Crippen molar-refractivity contribution in [3.05, 3.63) is 0 Å². The topological polar surface area (TPSA) is 65.7 Å². The van der Waals surface area contributed by atoms with Gasteiger partial charge < -0.3 is 10.2 Å². The Hall–Kier alpha value is -0.810. The summed E-state index contributed by atoms with van der Waals surface area (Å²) in [7, 11) is 0. The van der Waals surface area contributed by atoms with E-state index in [2.05, 4.69) is 41.4 Å². The van der Waals surface area contributed by atoms with E-state index in [0.29, 0.717) is 5.96 Å². The molecule has 0 heterocycles. The Labute approximate surface area is 99.5 Å². The van der Waals surface area contributed by atoms with E-state index in [0.717, 1.165) is 45.6 Å². The van der Waals surface area contributed by atoms with Gasteiger partial charge in [-0.2, -0.15) is 0 Å². The van der Waals surface area contributed by atoms with E-state index in [1.54, 1.807) is 0 Å². The minimum atomic E-state index is 0.695. The molecule has 0 aliphatic rings. The third-order valence-corrected chi connectivity index (χ3v) is 2.53. The van der Waals surface area contributed by atoms with E-state index in [9.17, 15) is 0 Å². The van der Waals surface area contributed by atoms with Crippen LogP contribution in [0.2, 0.25) is 0 Å². The van der Waals surface area contributed by atoms with Gasteiger partial charge in [0.2, 0.25) is 5.96 Å². The smallest absolute Gasteiger partial charge is 0.205 e. The van der Waals surface area contributed by atoms with Gasteiger partial charge in [0.1, 0.15) is 0 Å². The van der Waals surface area contributed by atoms with Crippen molar-refractivity contribution < 1.29 is 0 Å². The van der Waals surface area contributed by atoms with Crippen molar-refractivity contribution in [1.29, 1.82) is 0 Å². The maximum atomic E-state index is 5.38. The largest absolute Gasteiger partial charge is 0.354 e. The lowest BCUT2D eigenvalue weighted by molar-refractivity contribution is 0.308. The molecule has 0 bridgehead atoms. The van der Waals surface area contributed by atoms with Gasteiger partial charge >= 0.3 is 0 Å². The van der Waals surface area contributed by atoms with Crippen LogP contribution in [0.1, 0.15) is 33.6 Å². The van der Waals surface area contributed by atoms with Gasteiger partial charge in [0.05, 0.1) is 0 Å². The first kappa shape index (κ1) is 15.2. The Balaban J connectivity index is 3.73. The van der Waals surface area contributed by atoms with Crippen molar-refractivity contribution in [2.75, 3.05) is 32.7 Å². The molecule has 0 amide bonds. The Bertz CT molecular complexity index is 177. The third kappa shape index (κ3) is 7.48. The maximum absolute atomic E-state index is 5.38. The second-order valence-electron chi connectivity index (χ2n) is 3.68. The van der Waals surface area contributed by atoms with Gasteiger partial charge in [-0.15, -0.1) is 0 Å². The maximum Gasteiger partial charge on any atom is 0.205 e. The molecule has 0 aliphatic carbocycles. The number of nitrogens with one attached hydrogen (secondary N) is 2. The number of hydrazine groups is 1. The molecule has 0 aromatic carbocycles. The number of unbranched alkanes of at least 4 members (excludes halogenated alkanes) is 1. The van der Waals surface area contributed by atoms with Gasteiger partial charge in [0.25, 0.3) is 0 Å². The molecule has 0 rings (SSSR count). The van der Waals surface area contributed by atoms with E-state index in [-0.39, 0.29) is 0 Å². The van der Waals surface area contributed by atoms with Gasteiger partial charge in [-0.25, -0.2) is 5.84 Å². The molecule has 0 aromatic heterocycles. The zero-order valence-corrected chi connectivity index (χ0v) is 10.9. The Morgan fingerprint density at radius 2 is 1.94 bits per heavy atom. The lowest BCUT2D eigenvalue weighted by atomic mass is 10.3. The Morgan fingerprint density at radius 3 is 2.44 bits per heavy atom. The van der Waals surface area contributed by atoms with Crippen molar-refractivity contribution in [3.8, 4) is 0 Å². The summed E-state index contributed by atoms with van der Waals surface area (Å²) in [5.41, 5.74) is 2.59. The quantitative estimate of drug-likeness (QED) is 0.187. The average molecular weight is 229 g/mol. The molecule has 0 spiro atoms. The summed E-state index contributed by atoms with van der Waals surface area (Å²) in [4.78, 5) is 6.69. The number of rotatable bonds is 8. The van der Waals surface area contributed by atoms with Gasteiger partial charge in [-0.05, 0) is 19.5 Å². The summed E-state index contributed by atoms with van der Waals surface area (Å²) in [5.74, 6) is 6.07. The molecule has 0 radical (unpaired) electrons. The summed E-state index contributed by atoms with van der Waals surface area (Å²) in [6, 6.07) is 0. The van der Waals surface area contributed by atoms with Crippen molar-refractivity contribution in [1.82, 2.24) is 15.6 Å². The van der Waals surface area contributed by atoms with Crippen LogP contribution in [-0.2, 0) is 0 Å². The first-order valence-electron chi connectivity index (χ1n) is 6.25. The molecule has 0 atom stereocenters. The molecule has 5 heteroatoms. The Morgan fingerprint density at radius 1 is 1.25 bits per heavy atom. The van der Waals surface area contributed by atoms with Gasteiger partial charge in [-0.3, -0.25) is 10.4 Å². The standard InChI is InChI=1S/C11H27N5/c1-4-7-8-13-11(15-12)14-9-10-16(5-2)6-3/h4-10,12H2,1-3H3,(H2,13,14,15). The molecular weight excluding hydrogens is 202 g/mol. The van der Waals surface area contributed by atoms with E-state index < -0.39 is 0 Å². The number of hydrogen-bond donors (Lipinski definition) is 3. The fourth-order valence-electron chi connectivity index (χ4n) is 1.37. The van der Waals surface area contributed by atoms with Crippen molar-refractivity contribution in [2.24, 2.45) is 10.8 Å². The van der Waals surface area contributed by atoms with Gasteiger partial charge in [-0.1, -0.05) is 27.2 Å². The highest BCUT2D eigenvalue weighted by atomic mass is 15.3. The lowest BCUT2D eigenvalue weighted by Gasteiger charge is -2.18. The van der Waals surface area contributed by atoms with E-state index in [4.69, 9.17) is 5.84 Å². The highest BCUT2D eigenvalue weighted by Gasteiger charge is 1.99. The van der Waals surface area contributed by atoms with E-state index >= 15 is 0 Å². The second-order valence-corrected chi connectivity index (χ2v) is 3.68. The van der Waals surface area contributed by atoms with Gasteiger partial charge in [0.15, 0.2) is 0 Å². The third-order valence-electron chi connectivity index (χ3n) is 2.53. The molecule has 4 N–H and O–H groups in total. The normalized spacial score (nSPS) is 11.9. The first-order chi connectivity index (χ1) is 7.78. The number of nitrogens with two attached hydrogens (primary N) is 1. The highest BCUT2D eigenvalue weighted by molar-refractivity contribution is 5.79. The summed E-state index contributed by atoms with van der Waals surface area (Å²) in [5, 5.41) is 3.20. The van der Waals surface area contributed by atoms with Crippen LogP contribution in [-0.4, -0.2) is 43.6 Å². The number of guanidine groups is 1. The lowest BCUT2D eigenvalue weighted by Crippen LogP contribution is -2.44. The minimum absolute atomic E-state index is 0.695. The zero-order chi connectivity index (χ0) is 12.2. The minimum Gasteiger partial charge on any atom is -0.354 e. The first-order valence-corrected chi connectivity index (χ1v) is 6.25. The molecule has 0 fully saturated rings. The summed E-state index contributed by atoms with van der Waals surface area (Å²) >= 11 is 0. The molecular formula is C11H27N5. The number of likely N-dealkylation sites (N-methyl/N-ethyl adjacent to an activating group) is 1. The van der Waals surface area contributed by atoms with E-state index in [1.165, 1.54) is 0 Å². The van der Waals surface area contributed by atoms with Crippen molar-refractivity contribution in [3.63, 3.8) is 0 Å². The molecule has 0 aliphatic heterocycles. The predicted octanol–water partition coefficient (Wildman–Crippen LogP) is 0.537. The molecule has 0 unspecified atom stereocenters. The van der Waals surface area contributed by atoms with Crippen molar-refractivity contribution in [2.45, 2.75) is 33.6 Å². The monoisotopic (exact) mass is 229 g/mol. The van der Waals surface area contributed by atoms with Crippen LogP contribution in [0.5, 0.6) is 0 Å². The van der Waals surface area contributed by atoms with Crippen LogP contribution >= 0.6 is 0 Å².